The van der Waals surface area contributed by atoms with E-state index in [2.05, 4.69) is 43.1 Å². The van der Waals surface area contributed by atoms with Crippen molar-refractivity contribution in [2.75, 3.05) is 39.3 Å². The molecule has 3 nitrogen and oxygen atoms in total. The van der Waals surface area contributed by atoms with Gasteiger partial charge in [-0.15, -0.1) is 0 Å². The summed E-state index contributed by atoms with van der Waals surface area (Å²) in [5.74, 6) is 1.11. The Morgan fingerprint density at radius 3 is 2.63 bits per heavy atom. The summed E-state index contributed by atoms with van der Waals surface area (Å²) in [6.07, 6.45) is 1.08. The summed E-state index contributed by atoms with van der Waals surface area (Å²) in [6.45, 7) is 12.8. The monoisotopic (exact) mass is 262 g/mol. The number of ether oxygens (including phenoxy) is 1. The van der Waals surface area contributed by atoms with Crippen molar-refractivity contribution < 1.29 is 4.74 Å². The lowest BCUT2D eigenvalue weighted by Crippen LogP contribution is -2.44. The summed E-state index contributed by atoms with van der Waals surface area (Å²) in [4.78, 5) is 2.53. The highest BCUT2D eigenvalue weighted by Crippen LogP contribution is 2.27. The van der Waals surface area contributed by atoms with E-state index in [1.807, 2.05) is 0 Å². The fourth-order valence-electron chi connectivity index (χ4n) is 2.60. The first kappa shape index (κ1) is 14.4. The van der Waals surface area contributed by atoms with Crippen molar-refractivity contribution >= 4 is 0 Å². The van der Waals surface area contributed by atoms with E-state index in [1.165, 1.54) is 16.7 Å². The number of hydrogen-bond donors (Lipinski definition) is 1. The molecule has 0 amide bonds. The molecule has 3 heteroatoms. The Labute approximate surface area is 116 Å². The summed E-state index contributed by atoms with van der Waals surface area (Å²) in [6, 6.07) is 4.44. The molecule has 1 aromatic carbocycles. The maximum atomic E-state index is 5.86. The lowest BCUT2D eigenvalue weighted by atomic mass is 10.0. The first-order valence-electron chi connectivity index (χ1n) is 7.37. The quantitative estimate of drug-likeness (QED) is 0.880. The molecule has 0 aliphatic carbocycles. The number of nitrogens with one attached hydrogen (secondary N) is 1. The molecular formula is C16H26N2O. The van der Waals surface area contributed by atoms with Crippen LogP contribution in [0.2, 0.25) is 0 Å². The van der Waals surface area contributed by atoms with Crippen LogP contribution >= 0.6 is 0 Å². The summed E-state index contributed by atoms with van der Waals surface area (Å²) < 4.78 is 5.86. The average molecular weight is 262 g/mol. The zero-order valence-corrected chi connectivity index (χ0v) is 12.5. The van der Waals surface area contributed by atoms with Crippen LogP contribution in [0.25, 0.3) is 0 Å². The van der Waals surface area contributed by atoms with E-state index in [0.717, 1.165) is 51.5 Å². The van der Waals surface area contributed by atoms with E-state index >= 15 is 0 Å². The Kier molecular flexibility index (Phi) is 5.23. The summed E-state index contributed by atoms with van der Waals surface area (Å²) in [5, 5.41) is 3.39. The molecule has 106 valence electrons. The minimum absolute atomic E-state index is 0.741. The second kappa shape index (κ2) is 6.92. The molecule has 0 bridgehead atoms. The van der Waals surface area contributed by atoms with Crippen molar-refractivity contribution in [1.29, 1.82) is 0 Å². The van der Waals surface area contributed by atoms with Gasteiger partial charge in [-0.25, -0.2) is 0 Å². The number of rotatable bonds is 5. The lowest BCUT2D eigenvalue weighted by molar-refractivity contribution is 0.242. The second-order valence-corrected chi connectivity index (χ2v) is 5.27. The molecule has 0 unspecified atom stereocenters. The Bertz CT molecular complexity index is 411. The zero-order valence-electron chi connectivity index (χ0n) is 12.5. The van der Waals surface area contributed by atoms with Gasteiger partial charge in [0, 0.05) is 32.7 Å². The normalized spacial score (nSPS) is 16.6. The predicted octanol–water partition coefficient (Wildman–Crippen LogP) is 2.15. The van der Waals surface area contributed by atoms with Gasteiger partial charge in [-0.05, 0) is 43.9 Å². The van der Waals surface area contributed by atoms with Crippen LogP contribution in [0, 0.1) is 13.8 Å². The second-order valence-electron chi connectivity index (χ2n) is 5.27. The molecule has 1 aliphatic rings. The largest absolute Gasteiger partial charge is 0.493 e. The van der Waals surface area contributed by atoms with Crippen LogP contribution in [0.3, 0.4) is 0 Å². The van der Waals surface area contributed by atoms with Crippen LogP contribution in [0.15, 0.2) is 12.1 Å². The maximum Gasteiger partial charge on any atom is 0.125 e. The number of aryl methyl sites for hydroxylation is 1. The van der Waals surface area contributed by atoms with Gasteiger partial charge in [0.25, 0.3) is 0 Å². The topological polar surface area (TPSA) is 24.5 Å². The minimum atomic E-state index is 0.741. The van der Waals surface area contributed by atoms with Crippen molar-refractivity contribution in [1.82, 2.24) is 10.2 Å². The molecular weight excluding hydrogens is 236 g/mol. The van der Waals surface area contributed by atoms with Gasteiger partial charge < -0.3 is 15.0 Å². The van der Waals surface area contributed by atoms with Crippen LogP contribution < -0.4 is 10.1 Å². The van der Waals surface area contributed by atoms with Gasteiger partial charge >= 0.3 is 0 Å². The molecule has 0 saturated carbocycles. The average Bonchev–Trinajstić information content (AvgIpc) is 2.44. The molecule has 0 spiro atoms. The Morgan fingerprint density at radius 2 is 1.95 bits per heavy atom. The van der Waals surface area contributed by atoms with Gasteiger partial charge in [0.1, 0.15) is 5.75 Å². The number of hydrogen-bond acceptors (Lipinski definition) is 3. The molecule has 1 aliphatic heterocycles. The summed E-state index contributed by atoms with van der Waals surface area (Å²) in [7, 11) is 0. The fraction of sp³-hybridized carbons (Fsp3) is 0.625. The molecule has 0 aromatic heterocycles. The van der Waals surface area contributed by atoms with E-state index in [1.54, 1.807) is 0 Å². The zero-order chi connectivity index (χ0) is 13.7. The third-order valence-corrected chi connectivity index (χ3v) is 3.95. The van der Waals surface area contributed by atoms with Crippen molar-refractivity contribution in [3.05, 3.63) is 28.8 Å². The minimum Gasteiger partial charge on any atom is -0.493 e. The number of benzene rings is 1. The van der Waals surface area contributed by atoms with Crippen LogP contribution in [-0.2, 0) is 6.42 Å². The molecule has 19 heavy (non-hydrogen) atoms. The highest BCUT2D eigenvalue weighted by atomic mass is 16.5. The molecule has 1 heterocycles. The van der Waals surface area contributed by atoms with Gasteiger partial charge in [0.15, 0.2) is 0 Å². The van der Waals surface area contributed by atoms with E-state index in [4.69, 9.17) is 4.74 Å². The number of piperazine rings is 1. The molecule has 0 atom stereocenters. The Balaban J connectivity index is 2.04. The van der Waals surface area contributed by atoms with Crippen LogP contribution in [0.5, 0.6) is 5.75 Å². The van der Waals surface area contributed by atoms with Crippen LogP contribution in [0.4, 0.5) is 0 Å². The van der Waals surface area contributed by atoms with Gasteiger partial charge in [-0.3, -0.25) is 0 Å². The molecule has 0 radical (unpaired) electrons. The van der Waals surface area contributed by atoms with Crippen molar-refractivity contribution in [2.24, 2.45) is 0 Å². The highest BCUT2D eigenvalue weighted by molar-refractivity contribution is 5.45. The summed E-state index contributed by atoms with van der Waals surface area (Å²) in [5.41, 5.74) is 3.96. The third-order valence-electron chi connectivity index (χ3n) is 3.95. The predicted molar refractivity (Wildman–Crippen MR) is 80.1 cm³/mol. The smallest absolute Gasteiger partial charge is 0.125 e. The first-order valence-corrected chi connectivity index (χ1v) is 7.37. The third kappa shape index (κ3) is 3.71. The fourth-order valence-corrected chi connectivity index (χ4v) is 2.60. The van der Waals surface area contributed by atoms with Gasteiger partial charge in [-0.1, -0.05) is 12.1 Å². The lowest BCUT2D eigenvalue weighted by Gasteiger charge is -2.27. The molecule has 1 aromatic rings. The Morgan fingerprint density at radius 1 is 1.21 bits per heavy atom. The Hall–Kier alpha value is -1.06. The summed E-state index contributed by atoms with van der Waals surface area (Å²) >= 11 is 0. The van der Waals surface area contributed by atoms with E-state index in [0.29, 0.717) is 0 Å². The highest BCUT2D eigenvalue weighted by Gasteiger charge is 2.13. The van der Waals surface area contributed by atoms with Crippen molar-refractivity contribution in [3.8, 4) is 5.75 Å². The van der Waals surface area contributed by atoms with Crippen molar-refractivity contribution in [3.63, 3.8) is 0 Å². The standard InChI is InChI=1S/C16H26N2O/c1-4-19-16-14(3)13(2)5-6-15(16)7-10-18-11-8-17-9-12-18/h5-6,17H,4,7-12H2,1-3H3. The SMILES string of the molecule is CCOc1c(CCN2CCNCC2)ccc(C)c1C. The van der Waals surface area contributed by atoms with Crippen molar-refractivity contribution in [2.45, 2.75) is 27.2 Å². The van der Waals surface area contributed by atoms with Crippen LogP contribution in [-0.4, -0.2) is 44.2 Å². The van der Waals surface area contributed by atoms with Gasteiger partial charge in [0.2, 0.25) is 0 Å². The molecule has 1 saturated heterocycles. The molecule has 2 rings (SSSR count). The van der Waals surface area contributed by atoms with Crippen LogP contribution in [0.1, 0.15) is 23.6 Å². The van der Waals surface area contributed by atoms with Gasteiger partial charge in [-0.2, -0.15) is 0 Å². The molecule has 1 N–H and O–H groups in total. The molecule has 1 fully saturated rings. The van der Waals surface area contributed by atoms with Gasteiger partial charge in [0.05, 0.1) is 6.61 Å². The first-order chi connectivity index (χ1) is 9.22. The maximum absolute atomic E-state index is 5.86. The van der Waals surface area contributed by atoms with E-state index in [-0.39, 0.29) is 0 Å². The number of nitrogens with zero attached hydrogens (tertiary/aromatic N) is 1. The van der Waals surface area contributed by atoms with E-state index in [9.17, 15) is 0 Å². The van der Waals surface area contributed by atoms with E-state index < -0.39 is 0 Å².